The van der Waals surface area contributed by atoms with Gasteiger partial charge >= 0.3 is 0 Å². The molecule has 0 saturated carbocycles. The Kier molecular flexibility index (Phi) is 6.58. The fourth-order valence-corrected chi connectivity index (χ4v) is 4.07. The van der Waals surface area contributed by atoms with Gasteiger partial charge in [-0.1, -0.05) is 73.7 Å². The van der Waals surface area contributed by atoms with E-state index in [1.165, 1.54) is 4.68 Å². The molecule has 5 rings (SSSR count). The standard InChI is InChI=1S/C28H24N6O3/c1-2-17-33-28(37)22-16-10-9-15-21(22)25(32-33)27(36)30-29-26(35)23-18-34(20-13-7-4-8-14-20)31-24(23)19-11-5-3-6-12-19/h3-16,18H,2,17H2,1H3,(H,29,35)(H,30,36). The molecule has 9 heteroatoms. The monoisotopic (exact) mass is 492 g/mol. The molecule has 0 atom stereocenters. The van der Waals surface area contributed by atoms with Crippen LogP contribution in [0.1, 0.15) is 34.2 Å². The Bertz CT molecular complexity index is 1640. The maximum atomic E-state index is 13.3. The largest absolute Gasteiger partial charge is 0.290 e. The Labute approximate surface area is 212 Å². The van der Waals surface area contributed by atoms with Crippen LogP contribution in [0.4, 0.5) is 0 Å². The topological polar surface area (TPSA) is 111 Å². The quantitative estimate of drug-likeness (QED) is 0.351. The highest BCUT2D eigenvalue weighted by Gasteiger charge is 2.21. The van der Waals surface area contributed by atoms with Crippen LogP contribution in [0, 0.1) is 0 Å². The van der Waals surface area contributed by atoms with Crippen molar-refractivity contribution in [3.05, 3.63) is 113 Å². The van der Waals surface area contributed by atoms with Gasteiger partial charge < -0.3 is 0 Å². The average molecular weight is 493 g/mol. The van der Waals surface area contributed by atoms with Gasteiger partial charge in [-0.05, 0) is 24.6 Å². The zero-order valence-corrected chi connectivity index (χ0v) is 20.1. The van der Waals surface area contributed by atoms with Crippen LogP contribution in [0.3, 0.4) is 0 Å². The predicted octanol–water partition coefficient (Wildman–Crippen LogP) is 3.73. The van der Waals surface area contributed by atoms with E-state index in [4.69, 9.17) is 0 Å². The molecule has 0 radical (unpaired) electrons. The molecule has 0 aliphatic carbocycles. The molecule has 2 N–H and O–H groups in total. The van der Waals surface area contributed by atoms with E-state index in [0.29, 0.717) is 29.4 Å². The van der Waals surface area contributed by atoms with Gasteiger partial charge in [0.1, 0.15) is 5.69 Å². The Balaban J connectivity index is 1.45. The zero-order chi connectivity index (χ0) is 25.8. The number of para-hydroxylation sites is 1. The fourth-order valence-electron chi connectivity index (χ4n) is 4.07. The number of hydrogen-bond acceptors (Lipinski definition) is 5. The van der Waals surface area contributed by atoms with E-state index in [1.807, 2.05) is 67.6 Å². The summed E-state index contributed by atoms with van der Waals surface area (Å²) in [5.41, 5.74) is 7.02. The number of aryl methyl sites for hydroxylation is 1. The number of nitrogens with zero attached hydrogens (tertiary/aromatic N) is 4. The molecular formula is C28H24N6O3. The second kappa shape index (κ2) is 10.3. The summed E-state index contributed by atoms with van der Waals surface area (Å²) in [6, 6.07) is 25.5. The lowest BCUT2D eigenvalue weighted by molar-refractivity contribution is 0.0844. The number of amides is 2. The van der Waals surface area contributed by atoms with Gasteiger partial charge in [-0.25, -0.2) is 9.36 Å². The van der Waals surface area contributed by atoms with E-state index in [1.54, 1.807) is 35.1 Å². The number of fused-ring (bicyclic) bond motifs is 1. The van der Waals surface area contributed by atoms with Crippen molar-refractivity contribution in [2.75, 3.05) is 0 Å². The summed E-state index contributed by atoms with van der Waals surface area (Å²) in [5, 5.41) is 9.70. The Hall–Kier alpha value is -5.05. The van der Waals surface area contributed by atoms with Gasteiger partial charge in [-0.15, -0.1) is 0 Å². The van der Waals surface area contributed by atoms with Crippen LogP contribution in [-0.4, -0.2) is 31.4 Å². The summed E-state index contributed by atoms with van der Waals surface area (Å²) in [4.78, 5) is 39.1. The molecule has 0 spiro atoms. The molecule has 2 amide bonds. The smallest absolute Gasteiger partial charge is 0.267 e. The van der Waals surface area contributed by atoms with E-state index in [9.17, 15) is 14.4 Å². The predicted molar refractivity (Wildman–Crippen MR) is 140 cm³/mol. The molecule has 9 nitrogen and oxygen atoms in total. The number of benzene rings is 3. The average Bonchev–Trinajstić information content (AvgIpc) is 3.40. The van der Waals surface area contributed by atoms with Gasteiger partial charge in [0.15, 0.2) is 5.69 Å². The van der Waals surface area contributed by atoms with Crippen molar-refractivity contribution in [3.63, 3.8) is 0 Å². The summed E-state index contributed by atoms with van der Waals surface area (Å²) in [5.74, 6) is -1.17. The summed E-state index contributed by atoms with van der Waals surface area (Å²) < 4.78 is 2.89. The van der Waals surface area contributed by atoms with E-state index in [-0.39, 0.29) is 16.8 Å². The van der Waals surface area contributed by atoms with Crippen molar-refractivity contribution in [1.82, 2.24) is 30.4 Å². The molecule has 0 bridgehead atoms. The minimum absolute atomic E-state index is 0.0483. The minimum atomic E-state index is -0.633. The molecule has 0 aliphatic heterocycles. The molecule has 2 aromatic heterocycles. The van der Waals surface area contributed by atoms with Crippen LogP contribution in [0.2, 0.25) is 0 Å². The molecule has 0 aliphatic rings. The molecule has 184 valence electrons. The summed E-state index contributed by atoms with van der Waals surface area (Å²) in [6.07, 6.45) is 2.30. The van der Waals surface area contributed by atoms with Crippen LogP contribution in [0.15, 0.2) is 95.9 Å². The van der Waals surface area contributed by atoms with E-state index in [2.05, 4.69) is 21.0 Å². The Morgan fingerprint density at radius 3 is 2.11 bits per heavy atom. The summed E-state index contributed by atoms with van der Waals surface area (Å²) in [7, 11) is 0. The third-order valence-electron chi connectivity index (χ3n) is 5.83. The van der Waals surface area contributed by atoms with E-state index >= 15 is 0 Å². The van der Waals surface area contributed by atoms with Crippen LogP contribution in [0.5, 0.6) is 0 Å². The lowest BCUT2D eigenvalue weighted by atomic mass is 10.1. The number of carbonyl (C=O) groups excluding carboxylic acids is 2. The van der Waals surface area contributed by atoms with Gasteiger partial charge in [0.2, 0.25) is 0 Å². The van der Waals surface area contributed by atoms with Crippen LogP contribution in [-0.2, 0) is 6.54 Å². The first-order chi connectivity index (χ1) is 18.1. The van der Waals surface area contributed by atoms with Crippen molar-refractivity contribution < 1.29 is 9.59 Å². The first-order valence-electron chi connectivity index (χ1n) is 11.9. The highest BCUT2D eigenvalue weighted by Crippen LogP contribution is 2.23. The van der Waals surface area contributed by atoms with Gasteiger partial charge in [0, 0.05) is 23.7 Å². The van der Waals surface area contributed by atoms with Crippen LogP contribution in [0.25, 0.3) is 27.7 Å². The van der Waals surface area contributed by atoms with Crippen molar-refractivity contribution in [1.29, 1.82) is 0 Å². The molecule has 0 unspecified atom stereocenters. The van der Waals surface area contributed by atoms with Gasteiger partial charge in [0.25, 0.3) is 17.4 Å². The lowest BCUT2D eigenvalue weighted by Gasteiger charge is -2.11. The molecule has 0 saturated heterocycles. The third kappa shape index (κ3) is 4.74. The summed E-state index contributed by atoms with van der Waals surface area (Å²) >= 11 is 0. The van der Waals surface area contributed by atoms with E-state index in [0.717, 1.165) is 11.3 Å². The van der Waals surface area contributed by atoms with Gasteiger partial charge in [0.05, 0.1) is 16.6 Å². The van der Waals surface area contributed by atoms with Gasteiger partial charge in [-0.3, -0.25) is 25.2 Å². The van der Waals surface area contributed by atoms with Crippen molar-refractivity contribution >= 4 is 22.6 Å². The van der Waals surface area contributed by atoms with Crippen molar-refractivity contribution in [2.24, 2.45) is 0 Å². The minimum Gasteiger partial charge on any atom is -0.267 e. The SMILES string of the molecule is CCCn1nc(C(=O)NNC(=O)c2cn(-c3ccccc3)nc2-c2ccccc2)c2ccccc2c1=O. The first kappa shape index (κ1) is 23.7. The molecular weight excluding hydrogens is 468 g/mol. The lowest BCUT2D eigenvalue weighted by Crippen LogP contribution is -2.43. The number of hydrazine groups is 1. The highest BCUT2D eigenvalue weighted by molar-refractivity contribution is 6.06. The van der Waals surface area contributed by atoms with Gasteiger partial charge in [-0.2, -0.15) is 10.2 Å². The van der Waals surface area contributed by atoms with E-state index < -0.39 is 11.8 Å². The highest BCUT2D eigenvalue weighted by atomic mass is 16.2. The maximum Gasteiger partial charge on any atom is 0.290 e. The molecule has 37 heavy (non-hydrogen) atoms. The Morgan fingerprint density at radius 1 is 0.784 bits per heavy atom. The number of rotatable bonds is 6. The molecule has 0 fully saturated rings. The van der Waals surface area contributed by atoms with Crippen LogP contribution < -0.4 is 16.4 Å². The number of hydrogen-bond donors (Lipinski definition) is 2. The third-order valence-corrected chi connectivity index (χ3v) is 5.83. The molecule has 2 heterocycles. The number of nitrogens with one attached hydrogen (secondary N) is 2. The molecule has 5 aromatic rings. The first-order valence-corrected chi connectivity index (χ1v) is 11.9. The maximum absolute atomic E-state index is 13.3. The fraction of sp³-hybridized carbons (Fsp3) is 0.107. The zero-order valence-electron chi connectivity index (χ0n) is 20.1. The van der Waals surface area contributed by atoms with Crippen LogP contribution >= 0.6 is 0 Å². The second-order valence-corrected chi connectivity index (χ2v) is 8.37. The molecule has 3 aromatic carbocycles. The number of aromatic nitrogens is 4. The second-order valence-electron chi connectivity index (χ2n) is 8.37. The number of carbonyl (C=O) groups is 2. The van der Waals surface area contributed by atoms with Crippen molar-refractivity contribution in [2.45, 2.75) is 19.9 Å². The van der Waals surface area contributed by atoms with Crippen molar-refractivity contribution in [3.8, 4) is 16.9 Å². The Morgan fingerprint density at radius 2 is 1.41 bits per heavy atom. The normalized spacial score (nSPS) is 10.8. The summed E-state index contributed by atoms with van der Waals surface area (Å²) in [6.45, 7) is 2.29.